The first-order valence-corrected chi connectivity index (χ1v) is 9.23. The molecule has 2 amide bonds. The lowest BCUT2D eigenvalue weighted by Gasteiger charge is -2.31. The molecule has 5 nitrogen and oxygen atoms in total. The topological polar surface area (TPSA) is 53.9 Å². The van der Waals surface area contributed by atoms with E-state index in [9.17, 15) is 9.59 Å². The van der Waals surface area contributed by atoms with E-state index in [0.717, 1.165) is 25.2 Å². The fourth-order valence-electron chi connectivity index (χ4n) is 4.06. The predicted molar refractivity (Wildman–Crippen MR) is 101 cm³/mol. The number of hydrogen-bond donors (Lipinski definition) is 2. The van der Waals surface area contributed by atoms with Crippen LogP contribution < -0.4 is 15.1 Å². The molecule has 134 valence electrons. The van der Waals surface area contributed by atoms with Gasteiger partial charge in [-0.1, -0.05) is 36.4 Å². The molecule has 2 aromatic rings. The monoisotopic (exact) mass is 350 g/mol. The first kappa shape index (κ1) is 16.8. The third-order valence-electron chi connectivity index (χ3n) is 5.34. The van der Waals surface area contributed by atoms with Crippen molar-refractivity contribution in [1.29, 1.82) is 0 Å². The second-order valence-corrected chi connectivity index (χ2v) is 7.25. The summed E-state index contributed by atoms with van der Waals surface area (Å²) in [5, 5.41) is 2.91. The van der Waals surface area contributed by atoms with E-state index in [4.69, 9.17) is 0 Å². The Balaban J connectivity index is 1.55. The number of carbonyl (C=O) groups is 2. The summed E-state index contributed by atoms with van der Waals surface area (Å²) in [5.41, 5.74) is 4.25. The number of quaternary nitrogens is 1. The van der Waals surface area contributed by atoms with Gasteiger partial charge in [0.1, 0.15) is 6.54 Å². The van der Waals surface area contributed by atoms with Gasteiger partial charge in [0.2, 0.25) is 5.91 Å². The number of hydrogen-bond acceptors (Lipinski definition) is 2. The summed E-state index contributed by atoms with van der Waals surface area (Å²) in [6.07, 6.45) is 1.32. The van der Waals surface area contributed by atoms with Crippen LogP contribution in [0.5, 0.6) is 0 Å². The van der Waals surface area contributed by atoms with E-state index >= 15 is 0 Å². The molecular weight excluding hydrogens is 326 g/mol. The summed E-state index contributed by atoms with van der Waals surface area (Å²) in [7, 11) is 0. The number of rotatable bonds is 2. The number of carbonyl (C=O) groups excluding carboxylic acids is 2. The minimum atomic E-state index is -0.150. The molecule has 2 heterocycles. The van der Waals surface area contributed by atoms with Crippen LogP contribution in [0.15, 0.2) is 48.5 Å². The minimum absolute atomic E-state index is 0.0421. The molecule has 0 spiro atoms. The van der Waals surface area contributed by atoms with E-state index in [0.29, 0.717) is 18.7 Å². The summed E-state index contributed by atoms with van der Waals surface area (Å²) in [5.74, 6) is 0.0373. The van der Waals surface area contributed by atoms with Crippen molar-refractivity contribution in [2.45, 2.75) is 32.4 Å². The van der Waals surface area contributed by atoms with E-state index in [1.54, 1.807) is 4.90 Å². The van der Waals surface area contributed by atoms with Crippen LogP contribution in [-0.4, -0.2) is 30.9 Å². The van der Waals surface area contributed by atoms with Gasteiger partial charge in [0.05, 0.1) is 17.9 Å². The summed E-state index contributed by atoms with van der Waals surface area (Å²) in [4.78, 5) is 28.4. The Bertz CT molecular complexity index is 849. The number of para-hydroxylation sites is 2. The molecule has 0 fully saturated rings. The van der Waals surface area contributed by atoms with Gasteiger partial charge >= 0.3 is 0 Å². The van der Waals surface area contributed by atoms with Crippen LogP contribution >= 0.6 is 0 Å². The Labute approximate surface area is 153 Å². The van der Waals surface area contributed by atoms with E-state index in [-0.39, 0.29) is 17.9 Å². The maximum atomic E-state index is 13.2. The number of amides is 2. The zero-order valence-electron chi connectivity index (χ0n) is 15.0. The molecule has 4 rings (SSSR count). The first-order valence-electron chi connectivity index (χ1n) is 9.23. The van der Waals surface area contributed by atoms with E-state index in [1.807, 2.05) is 31.2 Å². The maximum absolute atomic E-state index is 13.2. The second-order valence-electron chi connectivity index (χ2n) is 7.25. The molecular formula is C21H24N3O2+. The number of nitrogens with one attached hydrogen (secondary N) is 2. The second kappa shape index (κ2) is 6.92. The van der Waals surface area contributed by atoms with Gasteiger partial charge in [-0.15, -0.1) is 0 Å². The third kappa shape index (κ3) is 3.22. The highest BCUT2D eigenvalue weighted by molar-refractivity contribution is 6.04. The van der Waals surface area contributed by atoms with Gasteiger partial charge in [0.25, 0.3) is 5.91 Å². The van der Waals surface area contributed by atoms with Crippen LogP contribution in [0.1, 0.15) is 24.5 Å². The largest absolute Gasteiger partial charge is 0.324 e. The van der Waals surface area contributed by atoms with Crippen LogP contribution in [0.2, 0.25) is 0 Å². The van der Waals surface area contributed by atoms with E-state index in [2.05, 4.69) is 29.6 Å². The molecule has 2 N–H and O–H groups in total. The van der Waals surface area contributed by atoms with Crippen molar-refractivity contribution < 1.29 is 14.5 Å². The van der Waals surface area contributed by atoms with Crippen LogP contribution in [0, 0.1) is 0 Å². The molecule has 0 aliphatic carbocycles. The molecule has 2 aromatic carbocycles. The van der Waals surface area contributed by atoms with Crippen molar-refractivity contribution in [3.63, 3.8) is 0 Å². The number of nitrogens with zero attached hydrogens (tertiary/aromatic N) is 1. The fraction of sp³-hybridized carbons (Fsp3) is 0.333. The number of fused-ring (bicyclic) bond motifs is 2. The third-order valence-corrected chi connectivity index (χ3v) is 5.34. The Morgan fingerprint density at radius 3 is 2.73 bits per heavy atom. The molecule has 5 heteroatoms. The molecule has 2 aliphatic rings. The first-order chi connectivity index (χ1) is 12.6. The van der Waals surface area contributed by atoms with Crippen molar-refractivity contribution in [2.24, 2.45) is 0 Å². The number of anilines is 2. The highest BCUT2D eigenvalue weighted by Crippen LogP contribution is 2.31. The van der Waals surface area contributed by atoms with Crippen LogP contribution in [0.25, 0.3) is 0 Å². The Morgan fingerprint density at radius 1 is 1.15 bits per heavy atom. The highest BCUT2D eigenvalue weighted by Gasteiger charge is 2.32. The van der Waals surface area contributed by atoms with Crippen LogP contribution in [-0.2, 0) is 22.6 Å². The molecule has 2 atom stereocenters. The normalized spacial score (nSPS) is 22.0. The van der Waals surface area contributed by atoms with Gasteiger partial charge < -0.3 is 15.1 Å². The average Bonchev–Trinajstić information content (AvgIpc) is 2.75. The Kier molecular flexibility index (Phi) is 4.47. The van der Waals surface area contributed by atoms with Crippen molar-refractivity contribution in [1.82, 2.24) is 0 Å². The SMILES string of the molecule is C[C@H]1CC(=O)Nc2ccccc2N1C(=O)C[NH+]1CCc2ccccc2C1. The average molecular weight is 350 g/mol. The Hall–Kier alpha value is -2.66. The molecule has 0 saturated heterocycles. The zero-order valence-corrected chi connectivity index (χ0v) is 15.0. The Morgan fingerprint density at radius 2 is 1.88 bits per heavy atom. The van der Waals surface area contributed by atoms with Crippen LogP contribution in [0.4, 0.5) is 11.4 Å². The van der Waals surface area contributed by atoms with Gasteiger partial charge in [0, 0.05) is 24.4 Å². The summed E-state index contributed by atoms with van der Waals surface area (Å²) < 4.78 is 0. The zero-order chi connectivity index (χ0) is 18.1. The number of benzene rings is 2. The standard InChI is InChI=1S/C21H23N3O2/c1-15-12-20(25)22-18-8-4-5-9-19(18)24(15)21(26)14-23-11-10-16-6-2-3-7-17(16)13-23/h2-9,15H,10-14H2,1H3,(H,22,25)/p+1/t15-/m0/s1. The van der Waals surface area contributed by atoms with Crippen molar-refractivity contribution in [3.05, 3.63) is 59.7 Å². The smallest absolute Gasteiger partial charge is 0.282 e. The molecule has 2 aliphatic heterocycles. The van der Waals surface area contributed by atoms with E-state index < -0.39 is 0 Å². The minimum Gasteiger partial charge on any atom is -0.324 e. The molecule has 0 aromatic heterocycles. The lowest BCUT2D eigenvalue weighted by atomic mass is 10.00. The van der Waals surface area contributed by atoms with Crippen molar-refractivity contribution in [3.8, 4) is 0 Å². The van der Waals surface area contributed by atoms with Gasteiger partial charge in [-0.25, -0.2) is 0 Å². The molecule has 0 saturated carbocycles. The van der Waals surface area contributed by atoms with E-state index in [1.165, 1.54) is 16.0 Å². The molecule has 1 unspecified atom stereocenters. The lowest BCUT2D eigenvalue weighted by molar-refractivity contribution is -0.907. The van der Waals surface area contributed by atoms with Gasteiger partial charge in [-0.2, -0.15) is 0 Å². The molecule has 0 bridgehead atoms. The van der Waals surface area contributed by atoms with Crippen molar-refractivity contribution in [2.75, 3.05) is 23.3 Å². The molecule has 26 heavy (non-hydrogen) atoms. The summed E-state index contributed by atoms with van der Waals surface area (Å²) in [6.45, 7) is 4.23. The van der Waals surface area contributed by atoms with Gasteiger partial charge in [0.15, 0.2) is 6.54 Å². The maximum Gasteiger partial charge on any atom is 0.282 e. The summed E-state index contributed by atoms with van der Waals surface area (Å²) >= 11 is 0. The van der Waals surface area contributed by atoms with Gasteiger partial charge in [-0.3, -0.25) is 9.59 Å². The molecule has 0 radical (unpaired) electrons. The fourth-order valence-corrected chi connectivity index (χ4v) is 4.06. The van der Waals surface area contributed by atoms with Crippen molar-refractivity contribution >= 4 is 23.2 Å². The highest BCUT2D eigenvalue weighted by atomic mass is 16.2. The quantitative estimate of drug-likeness (QED) is 0.860. The summed E-state index contributed by atoms with van der Waals surface area (Å²) in [6, 6.07) is 15.9. The van der Waals surface area contributed by atoms with Gasteiger partial charge in [-0.05, 0) is 24.6 Å². The lowest BCUT2D eigenvalue weighted by Crippen LogP contribution is -3.13. The van der Waals surface area contributed by atoms with Crippen LogP contribution in [0.3, 0.4) is 0 Å². The predicted octanol–water partition coefficient (Wildman–Crippen LogP) is 1.39.